The van der Waals surface area contributed by atoms with E-state index in [1.54, 1.807) is 0 Å². The Kier molecular flexibility index (Phi) is 5.60. The molecule has 0 atom stereocenters. The molecule has 82 valence electrons. The van der Waals surface area contributed by atoms with Gasteiger partial charge in [0.25, 0.3) is 0 Å². The normalized spacial score (nSPS) is 11.1. The fourth-order valence-electron chi connectivity index (χ4n) is 0.699. The number of hydrogen-bond donors (Lipinski definition) is 1. The Hall–Kier alpha value is -0.710. The maximum Gasteiger partial charge on any atom is 0.337 e. The summed E-state index contributed by atoms with van der Waals surface area (Å²) in [6.07, 6.45) is -0.333. The van der Waals surface area contributed by atoms with Crippen molar-refractivity contribution in [2.45, 2.75) is 6.92 Å². The number of ketones is 1. The number of amides is 1. The van der Waals surface area contributed by atoms with Gasteiger partial charge in [-0.25, -0.2) is 0 Å². The Balaban J connectivity index is 4.05. The van der Waals surface area contributed by atoms with Crippen molar-refractivity contribution in [1.82, 2.24) is 5.32 Å². The van der Waals surface area contributed by atoms with E-state index in [0.29, 0.717) is 0 Å². The van der Waals surface area contributed by atoms with Crippen LogP contribution in [0.3, 0.4) is 0 Å². The molecule has 0 saturated heterocycles. The summed E-state index contributed by atoms with van der Waals surface area (Å²) >= 11 is 0. The van der Waals surface area contributed by atoms with Gasteiger partial charge in [0.15, 0.2) is 5.78 Å². The molecule has 0 bridgehead atoms. The topological polar surface area (TPSA) is 81.7 Å². The van der Waals surface area contributed by atoms with E-state index in [2.05, 4.69) is 14.4 Å². The largest absolute Gasteiger partial charge is 0.349 e. The number of nitrogens with one attached hydrogen (secondary N) is 1. The molecule has 0 aromatic carbocycles. The molecule has 0 heterocycles. The molecule has 0 fully saturated rings. The zero-order valence-electron chi connectivity index (χ0n) is 8.40. The van der Waals surface area contributed by atoms with Crippen LogP contribution in [0.1, 0.15) is 6.92 Å². The number of hydrogen-bond acceptors (Lipinski definition) is 5. The van der Waals surface area contributed by atoms with Crippen molar-refractivity contribution in [2.75, 3.05) is 26.9 Å². The lowest BCUT2D eigenvalue weighted by atomic mass is 10.4. The Morgan fingerprint density at radius 1 is 1.29 bits per heavy atom. The maximum atomic E-state index is 11.4. The minimum Gasteiger partial charge on any atom is -0.349 e. The maximum absolute atomic E-state index is 11.4. The van der Waals surface area contributed by atoms with Gasteiger partial charge >= 0.3 is 7.60 Å². The molecule has 0 aliphatic rings. The standard InChI is InChI=1S/C7H14NO5P/c1-6(9)8-4-7(10)5-14(11,12-2)13-3/h4-5H2,1-3H3,(H,8,9). The molecular formula is C7H14NO5P. The highest BCUT2D eigenvalue weighted by Gasteiger charge is 2.25. The highest BCUT2D eigenvalue weighted by molar-refractivity contribution is 7.54. The van der Waals surface area contributed by atoms with Crippen molar-refractivity contribution in [3.05, 3.63) is 0 Å². The van der Waals surface area contributed by atoms with Crippen LogP contribution in [-0.2, 0) is 23.2 Å². The molecule has 0 rings (SSSR count). The minimum atomic E-state index is -3.30. The Morgan fingerprint density at radius 2 is 1.79 bits per heavy atom. The van der Waals surface area contributed by atoms with Crippen LogP contribution in [0.15, 0.2) is 0 Å². The van der Waals surface area contributed by atoms with E-state index in [4.69, 9.17) is 0 Å². The van der Waals surface area contributed by atoms with Crippen LogP contribution >= 0.6 is 7.60 Å². The van der Waals surface area contributed by atoms with Gasteiger partial charge in [-0.05, 0) is 0 Å². The van der Waals surface area contributed by atoms with E-state index in [-0.39, 0.29) is 18.6 Å². The molecule has 0 aliphatic carbocycles. The summed E-state index contributed by atoms with van der Waals surface area (Å²) in [5.74, 6) is -0.713. The molecule has 0 spiro atoms. The molecule has 6 nitrogen and oxygen atoms in total. The fourth-order valence-corrected chi connectivity index (χ4v) is 1.65. The lowest BCUT2D eigenvalue weighted by molar-refractivity contribution is -0.123. The van der Waals surface area contributed by atoms with Crippen LogP contribution in [0.5, 0.6) is 0 Å². The Bertz CT molecular complexity index is 257. The highest BCUT2D eigenvalue weighted by Crippen LogP contribution is 2.45. The predicted molar refractivity (Wildman–Crippen MR) is 50.2 cm³/mol. The van der Waals surface area contributed by atoms with Crippen LogP contribution < -0.4 is 5.32 Å². The first kappa shape index (κ1) is 13.3. The van der Waals surface area contributed by atoms with Crippen molar-refractivity contribution in [3.8, 4) is 0 Å². The van der Waals surface area contributed by atoms with Gasteiger partial charge in [0.05, 0.1) is 6.54 Å². The Morgan fingerprint density at radius 3 is 2.14 bits per heavy atom. The van der Waals surface area contributed by atoms with E-state index in [1.807, 2.05) is 0 Å². The number of rotatable bonds is 6. The Labute approximate surface area is 82.5 Å². The van der Waals surface area contributed by atoms with Gasteiger partial charge < -0.3 is 14.4 Å². The molecular weight excluding hydrogens is 209 g/mol. The second-order valence-corrected chi connectivity index (χ2v) is 4.85. The highest BCUT2D eigenvalue weighted by atomic mass is 31.2. The van der Waals surface area contributed by atoms with E-state index >= 15 is 0 Å². The quantitative estimate of drug-likeness (QED) is 0.649. The van der Waals surface area contributed by atoms with Gasteiger partial charge in [0, 0.05) is 21.1 Å². The van der Waals surface area contributed by atoms with Gasteiger partial charge in [0.2, 0.25) is 5.91 Å². The smallest absolute Gasteiger partial charge is 0.337 e. The molecule has 7 heteroatoms. The van der Waals surface area contributed by atoms with Crippen LogP contribution in [0.25, 0.3) is 0 Å². The summed E-state index contributed by atoms with van der Waals surface area (Å²) in [4.78, 5) is 21.6. The minimum absolute atomic E-state index is 0.161. The predicted octanol–water partition coefficient (Wildman–Crippen LogP) is 0.177. The average molecular weight is 223 g/mol. The summed E-state index contributed by atoms with van der Waals surface area (Å²) in [6, 6.07) is 0. The van der Waals surface area contributed by atoms with Crippen LogP contribution in [-0.4, -0.2) is 38.6 Å². The van der Waals surface area contributed by atoms with Crippen molar-refractivity contribution >= 4 is 19.3 Å². The third-order valence-electron chi connectivity index (χ3n) is 1.46. The molecule has 1 amide bonds. The van der Waals surface area contributed by atoms with Crippen molar-refractivity contribution in [2.24, 2.45) is 0 Å². The molecule has 0 unspecified atom stereocenters. The van der Waals surface area contributed by atoms with Crippen LogP contribution in [0.2, 0.25) is 0 Å². The molecule has 0 aromatic heterocycles. The van der Waals surface area contributed by atoms with E-state index < -0.39 is 13.4 Å². The summed E-state index contributed by atoms with van der Waals surface area (Å²) in [6.45, 7) is 1.13. The van der Waals surface area contributed by atoms with Gasteiger partial charge in [0.1, 0.15) is 6.16 Å². The molecule has 0 aliphatic heterocycles. The molecule has 0 radical (unpaired) electrons. The fraction of sp³-hybridized carbons (Fsp3) is 0.714. The first-order valence-electron chi connectivity index (χ1n) is 3.90. The molecule has 14 heavy (non-hydrogen) atoms. The first-order chi connectivity index (χ1) is 6.43. The van der Waals surface area contributed by atoms with Gasteiger partial charge in [-0.15, -0.1) is 0 Å². The van der Waals surface area contributed by atoms with Crippen LogP contribution in [0.4, 0.5) is 0 Å². The molecule has 0 saturated carbocycles. The summed E-state index contributed by atoms with van der Waals surface area (Å²) < 4.78 is 20.6. The van der Waals surface area contributed by atoms with Gasteiger partial charge in [-0.2, -0.15) is 0 Å². The van der Waals surface area contributed by atoms with Crippen molar-refractivity contribution in [1.29, 1.82) is 0 Å². The number of carbonyl (C=O) groups is 2. The van der Waals surface area contributed by atoms with Crippen molar-refractivity contribution in [3.63, 3.8) is 0 Å². The van der Waals surface area contributed by atoms with Crippen molar-refractivity contribution < 1.29 is 23.2 Å². The summed E-state index contributed by atoms with van der Waals surface area (Å²) in [5.41, 5.74) is 0. The van der Waals surface area contributed by atoms with E-state index in [9.17, 15) is 14.2 Å². The number of carbonyl (C=O) groups excluding carboxylic acids is 2. The van der Waals surface area contributed by atoms with Gasteiger partial charge in [-0.1, -0.05) is 0 Å². The average Bonchev–Trinajstić information content (AvgIpc) is 2.14. The second kappa shape index (κ2) is 5.90. The third-order valence-corrected chi connectivity index (χ3v) is 3.31. The monoisotopic (exact) mass is 223 g/mol. The summed E-state index contributed by atoms with van der Waals surface area (Å²) in [7, 11) is -0.889. The lowest BCUT2D eigenvalue weighted by Gasteiger charge is -2.12. The zero-order chi connectivity index (χ0) is 11.2. The molecule has 0 aromatic rings. The van der Waals surface area contributed by atoms with E-state index in [0.717, 1.165) is 0 Å². The van der Waals surface area contributed by atoms with Crippen LogP contribution in [0, 0.1) is 0 Å². The lowest BCUT2D eigenvalue weighted by Crippen LogP contribution is -2.29. The number of Topliss-reactive ketones (excluding diaryl/α,β-unsaturated/α-hetero) is 1. The van der Waals surface area contributed by atoms with E-state index in [1.165, 1.54) is 21.1 Å². The first-order valence-corrected chi connectivity index (χ1v) is 5.63. The van der Waals surface area contributed by atoms with Gasteiger partial charge in [-0.3, -0.25) is 14.2 Å². The second-order valence-electron chi connectivity index (χ2n) is 2.58. The zero-order valence-corrected chi connectivity index (χ0v) is 9.30. The SMILES string of the molecule is COP(=O)(CC(=O)CNC(C)=O)OC. The molecule has 1 N–H and O–H groups in total. The summed E-state index contributed by atoms with van der Waals surface area (Å²) in [5, 5.41) is 2.30. The third kappa shape index (κ3) is 5.11.